The van der Waals surface area contributed by atoms with Crippen molar-refractivity contribution in [3.8, 4) is 5.75 Å². The van der Waals surface area contributed by atoms with E-state index in [1.54, 1.807) is 36.4 Å². The number of carbonyl (C=O) groups is 2. The summed E-state index contributed by atoms with van der Waals surface area (Å²) in [4.78, 5) is 26.1. The van der Waals surface area contributed by atoms with Crippen molar-refractivity contribution < 1.29 is 14.3 Å². The van der Waals surface area contributed by atoms with Crippen molar-refractivity contribution in [3.63, 3.8) is 0 Å². The minimum Gasteiger partial charge on any atom is -0.490 e. The normalized spacial score (nSPS) is 10.8. The van der Waals surface area contributed by atoms with Gasteiger partial charge in [0, 0.05) is 15.4 Å². The number of benzene rings is 3. The second kappa shape index (κ2) is 12.5. The zero-order valence-electron chi connectivity index (χ0n) is 18.6. The Hall–Kier alpha value is -3.51. The Labute approximate surface area is 199 Å². The summed E-state index contributed by atoms with van der Waals surface area (Å²) in [5.74, 6) is 0.00123. The molecule has 3 rings (SSSR count). The quantitative estimate of drug-likeness (QED) is 0.259. The van der Waals surface area contributed by atoms with Gasteiger partial charge < -0.3 is 15.8 Å². The molecule has 0 fully saturated rings. The molecule has 0 saturated carbocycles. The molecule has 170 valence electrons. The summed E-state index contributed by atoms with van der Waals surface area (Å²) in [5.41, 5.74) is 7.12. The van der Waals surface area contributed by atoms with Gasteiger partial charge in [-0.05, 0) is 55.0 Å². The highest BCUT2D eigenvalue weighted by Crippen LogP contribution is 2.35. The van der Waals surface area contributed by atoms with Crippen molar-refractivity contribution >= 4 is 29.3 Å². The number of anilines is 1. The first-order chi connectivity index (χ1) is 16.1. The SMILES string of the molecule is CCCCC=CCOc1ccc(C(=O)Nc2ccccc2Sc2ccccc2C(N)=O)cc1. The Morgan fingerprint density at radius 3 is 2.36 bits per heavy atom. The Balaban J connectivity index is 1.64. The average Bonchev–Trinajstić information content (AvgIpc) is 2.83. The molecule has 0 aromatic heterocycles. The minimum atomic E-state index is -0.488. The van der Waals surface area contributed by atoms with Gasteiger partial charge >= 0.3 is 0 Å². The van der Waals surface area contributed by atoms with Crippen molar-refractivity contribution in [2.45, 2.75) is 36.0 Å². The third-order valence-corrected chi connectivity index (χ3v) is 6.01. The highest BCUT2D eigenvalue weighted by Gasteiger charge is 2.13. The van der Waals surface area contributed by atoms with Crippen LogP contribution in [0.15, 0.2) is 94.7 Å². The van der Waals surface area contributed by atoms with Crippen LogP contribution in [0.3, 0.4) is 0 Å². The van der Waals surface area contributed by atoms with E-state index in [1.807, 2.05) is 42.5 Å². The van der Waals surface area contributed by atoms with E-state index in [2.05, 4.69) is 18.3 Å². The van der Waals surface area contributed by atoms with Gasteiger partial charge in [0.2, 0.25) is 5.91 Å². The van der Waals surface area contributed by atoms with E-state index in [0.29, 0.717) is 29.2 Å². The summed E-state index contributed by atoms with van der Waals surface area (Å²) in [6.07, 6.45) is 7.56. The molecule has 3 aromatic carbocycles. The molecule has 0 atom stereocenters. The second-order valence-corrected chi connectivity index (χ2v) is 8.45. The number of nitrogens with one attached hydrogen (secondary N) is 1. The van der Waals surface area contributed by atoms with Gasteiger partial charge in [0.25, 0.3) is 5.91 Å². The van der Waals surface area contributed by atoms with Crippen LogP contribution in [-0.4, -0.2) is 18.4 Å². The molecule has 0 bridgehead atoms. The fraction of sp³-hybridized carbons (Fsp3) is 0.185. The predicted molar refractivity (Wildman–Crippen MR) is 134 cm³/mol. The molecule has 0 radical (unpaired) electrons. The second-order valence-electron chi connectivity index (χ2n) is 7.36. The number of para-hydroxylation sites is 1. The summed E-state index contributed by atoms with van der Waals surface area (Å²) in [7, 11) is 0. The molecule has 33 heavy (non-hydrogen) atoms. The van der Waals surface area contributed by atoms with Gasteiger partial charge in [-0.3, -0.25) is 9.59 Å². The maximum atomic E-state index is 12.8. The summed E-state index contributed by atoms with van der Waals surface area (Å²) in [6.45, 7) is 2.68. The average molecular weight is 461 g/mol. The lowest BCUT2D eigenvalue weighted by atomic mass is 10.2. The first-order valence-corrected chi connectivity index (χ1v) is 11.7. The molecule has 0 spiro atoms. The smallest absolute Gasteiger partial charge is 0.255 e. The number of hydrogen-bond donors (Lipinski definition) is 2. The van der Waals surface area contributed by atoms with Gasteiger partial charge in [-0.1, -0.05) is 67.9 Å². The highest BCUT2D eigenvalue weighted by molar-refractivity contribution is 7.99. The van der Waals surface area contributed by atoms with Crippen molar-refractivity contribution in [3.05, 3.63) is 96.1 Å². The topological polar surface area (TPSA) is 81.4 Å². The van der Waals surface area contributed by atoms with E-state index in [1.165, 1.54) is 24.6 Å². The van der Waals surface area contributed by atoms with Crippen molar-refractivity contribution in [2.24, 2.45) is 5.73 Å². The van der Waals surface area contributed by atoms with E-state index < -0.39 is 5.91 Å². The molecule has 0 saturated heterocycles. The van der Waals surface area contributed by atoms with Crippen molar-refractivity contribution in [2.75, 3.05) is 11.9 Å². The first-order valence-electron chi connectivity index (χ1n) is 10.9. The van der Waals surface area contributed by atoms with Gasteiger partial charge in [0.15, 0.2) is 0 Å². The Morgan fingerprint density at radius 1 is 0.939 bits per heavy atom. The molecule has 3 aromatic rings. The van der Waals surface area contributed by atoms with Gasteiger partial charge in [0.05, 0.1) is 11.3 Å². The zero-order chi connectivity index (χ0) is 23.5. The van der Waals surface area contributed by atoms with Crippen molar-refractivity contribution in [1.82, 2.24) is 0 Å². The largest absolute Gasteiger partial charge is 0.490 e. The molecule has 0 heterocycles. The summed E-state index contributed by atoms with van der Waals surface area (Å²) in [6, 6.07) is 21.7. The van der Waals surface area contributed by atoms with E-state index in [4.69, 9.17) is 10.5 Å². The minimum absolute atomic E-state index is 0.225. The Morgan fingerprint density at radius 2 is 1.64 bits per heavy atom. The monoisotopic (exact) mass is 460 g/mol. The van der Waals surface area contributed by atoms with E-state index >= 15 is 0 Å². The van der Waals surface area contributed by atoms with Crippen LogP contribution in [-0.2, 0) is 0 Å². The lowest BCUT2D eigenvalue weighted by Gasteiger charge is -2.12. The van der Waals surface area contributed by atoms with Gasteiger partial charge in [-0.15, -0.1) is 0 Å². The fourth-order valence-electron chi connectivity index (χ4n) is 3.09. The van der Waals surface area contributed by atoms with Crippen LogP contribution >= 0.6 is 11.8 Å². The number of amides is 2. The number of nitrogens with two attached hydrogens (primary N) is 1. The molecule has 0 aliphatic rings. The van der Waals surface area contributed by atoms with E-state index in [0.717, 1.165) is 16.2 Å². The number of ether oxygens (including phenoxy) is 1. The number of primary amides is 1. The summed E-state index contributed by atoms with van der Waals surface area (Å²) >= 11 is 1.38. The number of hydrogen-bond acceptors (Lipinski definition) is 4. The van der Waals surface area contributed by atoms with Crippen LogP contribution in [0.25, 0.3) is 0 Å². The molecular weight excluding hydrogens is 432 g/mol. The first kappa shape index (κ1) is 24.1. The number of unbranched alkanes of at least 4 members (excludes halogenated alkanes) is 2. The fourth-order valence-corrected chi connectivity index (χ4v) is 4.12. The standard InChI is InChI=1S/C27H28N2O3S/c1-2-3-4-5-10-19-32-21-17-15-20(16-18-21)27(31)29-23-12-7-9-14-25(23)33-24-13-8-6-11-22(24)26(28)30/h5-18H,2-4,19H2,1H3,(H2,28,30)(H,29,31). The van der Waals surface area contributed by atoms with Gasteiger partial charge in [0.1, 0.15) is 12.4 Å². The third-order valence-electron chi connectivity index (χ3n) is 4.86. The zero-order valence-corrected chi connectivity index (χ0v) is 19.4. The van der Waals surface area contributed by atoms with Crippen LogP contribution in [0, 0.1) is 0 Å². The molecule has 0 unspecified atom stereocenters. The van der Waals surface area contributed by atoms with E-state index in [9.17, 15) is 9.59 Å². The molecule has 5 nitrogen and oxygen atoms in total. The van der Waals surface area contributed by atoms with Crippen molar-refractivity contribution in [1.29, 1.82) is 0 Å². The van der Waals surface area contributed by atoms with Crippen LogP contribution in [0.1, 0.15) is 46.9 Å². The molecule has 0 aliphatic carbocycles. The number of rotatable bonds is 11. The van der Waals surface area contributed by atoms with Crippen LogP contribution in [0.5, 0.6) is 5.75 Å². The lowest BCUT2D eigenvalue weighted by Crippen LogP contribution is -2.13. The maximum Gasteiger partial charge on any atom is 0.255 e. The molecule has 0 aliphatic heterocycles. The lowest BCUT2D eigenvalue weighted by molar-refractivity contribution is 0.0995. The number of allylic oxidation sites excluding steroid dienone is 1. The molecule has 2 amide bonds. The molecule has 3 N–H and O–H groups in total. The summed E-state index contributed by atoms with van der Waals surface area (Å²) < 4.78 is 5.70. The van der Waals surface area contributed by atoms with Gasteiger partial charge in [-0.2, -0.15) is 0 Å². The van der Waals surface area contributed by atoms with Crippen LogP contribution in [0.4, 0.5) is 5.69 Å². The third kappa shape index (κ3) is 7.26. The van der Waals surface area contributed by atoms with Crippen LogP contribution in [0.2, 0.25) is 0 Å². The predicted octanol–water partition coefficient (Wildman–Crippen LogP) is 6.31. The van der Waals surface area contributed by atoms with E-state index in [-0.39, 0.29) is 5.91 Å². The molecular formula is C27H28N2O3S. The van der Waals surface area contributed by atoms with Gasteiger partial charge in [-0.25, -0.2) is 0 Å². The number of carbonyl (C=O) groups excluding carboxylic acids is 2. The molecule has 6 heteroatoms. The summed E-state index contributed by atoms with van der Waals surface area (Å²) in [5, 5.41) is 2.96. The Kier molecular flexibility index (Phi) is 9.15. The van der Waals surface area contributed by atoms with Crippen LogP contribution < -0.4 is 15.8 Å². The maximum absolute atomic E-state index is 12.8. The Bertz CT molecular complexity index is 1110. The highest BCUT2D eigenvalue weighted by atomic mass is 32.2.